The van der Waals surface area contributed by atoms with Gasteiger partial charge in [-0.2, -0.15) is 5.10 Å². The largest absolute Gasteiger partial charge is 0.325 e. The zero-order valence-corrected chi connectivity index (χ0v) is 7.85. The number of aromatic nitrogens is 3. The molecule has 1 saturated carbocycles. The summed E-state index contributed by atoms with van der Waals surface area (Å²) in [7, 11) is 0. The average molecular weight is 188 g/mol. The van der Waals surface area contributed by atoms with E-state index in [9.17, 15) is 0 Å². The van der Waals surface area contributed by atoms with Gasteiger partial charge in [-0.25, -0.2) is 9.50 Å². The average Bonchev–Trinajstić information content (AvgIpc) is 2.98. The van der Waals surface area contributed by atoms with E-state index in [1.165, 1.54) is 18.5 Å². The molecule has 2 aromatic heterocycles. The molecular formula is C10H12N4. The highest BCUT2D eigenvalue weighted by Crippen LogP contribution is 2.38. The van der Waals surface area contributed by atoms with Gasteiger partial charge in [0, 0.05) is 12.5 Å². The monoisotopic (exact) mass is 188 g/mol. The molecule has 4 heteroatoms. The van der Waals surface area contributed by atoms with Crippen LogP contribution in [0.1, 0.15) is 30.1 Å². The van der Waals surface area contributed by atoms with E-state index in [-0.39, 0.29) is 0 Å². The van der Waals surface area contributed by atoms with E-state index in [1.54, 1.807) is 6.33 Å². The molecule has 0 unspecified atom stereocenters. The van der Waals surface area contributed by atoms with Crippen molar-refractivity contribution in [2.24, 2.45) is 5.73 Å². The van der Waals surface area contributed by atoms with Crippen molar-refractivity contribution >= 4 is 5.52 Å². The van der Waals surface area contributed by atoms with Gasteiger partial charge < -0.3 is 5.73 Å². The Bertz CT molecular complexity index is 470. The van der Waals surface area contributed by atoms with Crippen LogP contribution in [-0.2, 0) is 6.54 Å². The molecule has 14 heavy (non-hydrogen) atoms. The van der Waals surface area contributed by atoms with E-state index in [0.717, 1.165) is 11.2 Å². The summed E-state index contributed by atoms with van der Waals surface area (Å²) in [6, 6.07) is 4.16. The first-order chi connectivity index (χ1) is 6.88. The summed E-state index contributed by atoms with van der Waals surface area (Å²) in [5.41, 5.74) is 8.69. The van der Waals surface area contributed by atoms with Gasteiger partial charge in [-0.1, -0.05) is 0 Å². The third-order valence-electron chi connectivity index (χ3n) is 2.69. The minimum Gasteiger partial charge on any atom is -0.325 e. The van der Waals surface area contributed by atoms with Crippen molar-refractivity contribution < 1.29 is 0 Å². The van der Waals surface area contributed by atoms with Gasteiger partial charge in [0.2, 0.25) is 0 Å². The number of fused-ring (bicyclic) bond motifs is 1. The van der Waals surface area contributed by atoms with E-state index in [1.807, 2.05) is 4.52 Å². The third-order valence-corrected chi connectivity index (χ3v) is 2.69. The topological polar surface area (TPSA) is 56.2 Å². The lowest BCUT2D eigenvalue weighted by Gasteiger charge is -1.98. The van der Waals surface area contributed by atoms with Gasteiger partial charge in [-0.3, -0.25) is 0 Å². The van der Waals surface area contributed by atoms with E-state index in [2.05, 4.69) is 22.2 Å². The summed E-state index contributed by atoms with van der Waals surface area (Å²) in [5.74, 6) is 0.683. The van der Waals surface area contributed by atoms with Crippen LogP contribution in [0.2, 0.25) is 0 Å². The van der Waals surface area contributed by atoms with Crippen molar-refractivity contribution in [2.45, 2.75) is 25.3 Å². The van der Waals surface area contributed by atoms with Crippen LogP contribution in [0.5, 0.6) is 0 Å². The summed E-state index contributed by atoms with van der Waals surface area (Å²) < 4.78 is 1.83. The second-order valence-corrected chi connectivity index (χ2v) is 3.76. The highest BCUT2D eigenvalue weighted by atomic mass is 15.2. The zero-order valence-electron chi connectivity index (χ0n) is 7.85. The molecule has 0 saturated heterocycles. The molecule has 1 aliphatic rings. The number of nitrogens with two attached hydrogens (primary N) is 1. The standard InChI is InChI=1S/C10H12N4/c11-5-9-10-4-3-8(7-1-2-7)13-14(10)6-12-9/h3-4,6-7H,1-2,5,11H2. The van der Waals surface area contributed by atoms with E-state index in [4.69, 9.17) is 5.73 Å². The van der Waals surface area contributed by atoms with Crippen LogP contribution in [0.15, 0.2) is 18.5 Å². The van der Waals surface area contributed by atoms with E-state index < -0.39 is 0 Å². The second kappa shape index (κ2) is 2.78. The van der Waals surface area contributed by atoms with Gasteiger partial charge in [-0.15, -0.1) is 0 Å². The second-order valence-electron chi connectivity index (χ2n) is 3.76. The Labute approximate surface area is 81.8 Å². The first kappa shape index (κ1) is 7.94. The Morgan fingerprint density at radius 3 is 3.00 bits per heavy atom. The number of rotatable bonds is 2. The lowest BCUT2D eigenvalue weighted by atomic mass is 10.2. The van der Waals surface area contributed by atoms with Crippen LogP contribution in [-0.4, -0.2) is 14.6 Å². The third kappa shape index (κ3) is 1.11. The number of hydrogen-bond donors (Lipinski definition) is 1. The minimum absolute atomic E-state index is 0.473. The number of nitrogens with zero attached hydrogens (tertiary/aromatic N) is 3. The van der Waals surface area contributed by atoms with Crippen molar-refractivity contribution in [2.75, 3.05) is 0 Å². The summed E-state index contributed by atoms with van der Waals surface area (Å²) in [5, 5.41) is 4.50. The fourth-order valence-electron chi connectivity index (χ4n) is 1.71. The molecule has 0 aromatic carbocycles. The van der Waals surface area contributed by atoms with Gasteiger partial charge >= 0.3 is 0 Å². The molecule has 1 aliphatic carbocycles. The van der Waals surface area contributed by atoms with Crippen molar-refractivity contribution in [1.29, 1.82) is 0 Å². The van der Waals surface area contributed by atoms with Crippen molar-refractivity contribution in [3.8, 4) is 0 Å². The zero-order chi connectivity index (χ0) is 9.54. The Hall–Kier alpha value is -1.42. The highest BCUT2D eigenvalue weighted by molar-refractivity contribution is 5.51. The normalized spacial score (nSPS) is 16.4. The predicted octanol–water partition coefficient (Wildman–Crippen LogP) is 1.07. The van der Waals surface area contributed by atoms with Crippen LogP contribution in [0.25, 0.3) is 5.52 Å². The summed E-state index contributed by atoms with van der Waals surface area (Å²) in [4.78, 5) is 4.21. The maximum absolute atomic E-state index is 5.57. The molecule has 4 nitrogen and oxygen atoms in total. The predicted molar refractivity (Wildman–Crippen MR) is 52.9 cm³/mol. The molecule has 0 amide bonds. The number of hydrogen-bond acceptors (Lipinski definition) is 3. The fourth-order valence-corrected chi connectivity index (χ4v) is 1.71. The molecular weight excluding hydrogens is 176 g/mol. The smallest absolute Gasteiger partial charge is 0.118 e. The minimum atomic E-state index is 0.473. The maximum atomic E-state index is 5.57. The summed E-state index contributed by atoms with van der Waals surface area (Å²) >= 11 is 0. The molecule has 0 aliphatic heterocycles. The SMILES string of the molecule is NCc1ncn2nc(C3CC3)ccc12. The summed E-state index contributed by atoms with van der Waals surface area (Å²) in [6.45, 7) is 0.473. The van der Waals surface area contributed by atoms with Gasteiger partial charge in [0.25, 0.3) is 0 Å². The van der Waals surface area contributed by atoms with Gasteiger partial charge in [0.15, 0.2) is 0 Å². The Morgan fingerprint density at radius 1 is 1.43 bits per heavy atom. The van der Waals surface area contributed by atoms with Gasteiger partial charge in [-0.05, 0) is 25.0 Å². The Balaban J connectivity index is 2.15. The number of imidazole rings is 1. The molecule has 0 spiro atoms. The summed E-state index contributed by atoms with van der Waals surface area (Å²) in [6.07, 6.45) is 4.29. The molecule has 3 rings (SSSR count). The molecule has 2 aromatic rings. The van der Waals surface area contributed by atoms with Crippen molar-refractivity contribution in [1.82, 2.24) is 14.6 Å². The molecule has 0 atom stereocenters. The van der Waals surface area contributed by atoms with Crippen LogP contribution in [0.3, 0.4) is 0 Å². The Morgan fingerprint density at radius 2 is 2.29 bits per heavy atom. The van der Waals surface area contributed by atoms with Crippen molar-refractivity contribution in [3.63, 3.8) is 0 Å². The first-order valence-corrected chi connectivity index (χ1v) is 4.91. The van der Waals surface area contributed by atoms with Gasteiger partial charge in [0.05, 0.1) is 16.9 Å². The van der Waals surface area contributed by atoms with Gasteiger partial charge in [0.1, 0.15) is 6.33 Å². The lowest BCUT2D eigenvalue weighted by molar-refractivity contribution is 0.851. The van der Waals surface area contributed by atoms with E-state index in [0.29, 0.717) is 12.5 Å². The van der Waals surface area contributed by atoms with Crippen LogP contribution in [0, 0.1) is 0 Å². The molecule has 72 valence electrons. The van der Waals surface area contributed by atoms with Crippen molar-refractivity contribution in [3.05, 3.63) is 29.8 Å². The Kier molecular flexibility index (Phi) is 1.58. The lowest BCUT2D eigenvalue weighted by Crippen LogP contribution is -1.99. The first-order valence-electron chi connectivity index (χ1n) is 4.91. The molecule has 2 heterocycles. The quantitative estimate of drug-likeness (QED) is 0.766. The van der Waals surface area contributed by atoms with Crippen LogP contribution >= 0.6 is 0 Å². The molecule has 0 bridgehead atoms. The highest BCUT2D eigenvalue weighted by Gasteiger charge is 2.25. The van der Waals surface area contributed by atoms with Crippen LogP contribution in [0.4, 0.5) is 0 Å². The van der Waals surface area contributed by atoms with E-state index >= 15 is 0 Å². The molecule has 1 fully saturated rings. The maximum Gasteiger partial charge on any atom is 0.118 e. The van der Waals surface area contributed by atoms with Crippen LogP contribution < -0.4 is 5.73 Å². The fraction of sp³-hybridized carbons (Fsp3) is 0.400. The molecule has 0 radical (unpaired) electrons. The molecule has 2 N–H and O–H groups in total.